The molecule has 1 N–H and O–H groups in total. The molecule has 0 amide bonds. The predicted octanol–water partition coefficient (Wildman–Crippen LogP) is 3.15. The third-order valence-electron chi connectivity index (χ3n) is 3.03. The normalized spacial score (nSPS) is 17.7. The molecule has 1 unspecified atom stereocenters. The molecule has 2 heterocycles. The van der Waals surface area contributed by atoms with Crippen molar-refractivity contribution in [3.8, 4) is 11.5 Å². The van der Waals surface area contributed by atoms with Gasteiger partial charge in [-0.3, -0.25) is 4.79 Å². The molecule has 0 fully saturated rings. The summed E-state index contributed by atoms with van der Waals surface area (Å²) in [7, 11) is 0. The van der Waals surface area contributed by atoms with Gasteiger partial charge in [-0.1, -0.05) is 17.7 Å². The summed E-state index contributed by atoms with van der Waals surface area (Å²) in [5.74, 6) is 0.480. The van der Waals surface area contributed by atoms with Crippen molar-refractivity contribution in [1.82, 2.24) is 4.98 Å². The number of carbonyl (C=O) groups is 1. The Kier molecular flexibility index (Phi) is 2.87. The van der Waals surface area contributed by atoms with Crippen LogP contribution in [-0.2, 0) is 0 Å². The maximum Gasteiger partial charge on any atom is 0.170 e. The fraction of sp³-hybridized carbons (Fsp3) is 0.143. The molecule has 0 aliphatic carbocycles. The number of benzene rings is 1. The Bertz CT molecular complexity index is 640. The van der Waals surface area contributed by atoms with Crippen molar-refractivity contribution in [2.75, 3.05) is 0 Å². The first-order chi connectivity index (χ1) is 9.13. The Balaban J connectivity index is 1.95. The number of Topliss-reactive ketones (excluding diaryl/α,β-unsaturated/α-hetero) is 1. The minimum Gasteiger partial charge on any atom is -0.508 e. The molecule has 0 saturated heterocycles. The molecule has 5 heteroatoms. The lowest BCUT2D eigenvalue weighted by Crippen LogP contribution is -2.20. The summed E-state index contributed by atoms with van der Waals surface area (Å²) >= 11 is 5.73. The fourth-order valence-electron chi connectivity index (χ4n) is 2.08. The van der Waals surface area contributed by atoms with Crippen molar-refractivity contribution in [2.45, 2.75) is 12.5 Å². The Hall–Kier alpha value is -2.07. The number of carbonyl (C=O) groups excluding carboxylic acids is 1. The van der Waals surface area contributed by atoms with E-state index in [1.807, 2.05) is 0 Å². The first-order valence-electron chi connectivity index (χ1n) is 5.78. The number of aromatic hydroxyl groups is 1. The molecule has 0 spiro atoms. The van der Waals surface area contributed by atoms with Crippen LogP contribution in [0.2, 0.25) is 5.15 Å². The molecule has 0 radical (unpaired) electrons. The van der Waals surface area contributed by atoms with Crippen molar-refractivity contribution >= 4 is 17.4 Å². The van der Waals surface area contributed by atoms with Crippen molar-refractivity contribution in [3.05, 3.63) is 52.8 Å². The van der Waals surface area contributed by atoms with E-state index in [-0.39, 0.29) is 24.1 Å². The second kappa shape index (κ2) is 4.55. The number of phenols is 1. The number of nitrogens with zero attached hydrogens (tertiary/aromatic N) is 1. The number of ketones is 1. The molecule has 3 rings (SSSR count). The van der Waals surface area contributed by atoms with Gasteiger partial charge in [0.15, 0.2) is 5.78 Å². The van der Waals surface area contributed by atoms with E-state index in [1.165, 1.54) is 12.1 Å². The van der Waals surface area contributed by atoms with Crippen molar-refractivity contribution in [3.63, 3.8) is 0 Å². The van der Waals surface area contributed by atoms with Gasteiger partial charge in [0.1, 0.15) is 22.8 Å². The molecule has 19 heavy (non-hydrogen) atoms. The van der Waals surface area contributed by atoms with Crippen LogP contribution in [0.25, 0.3) is 0 Å². The smallest absolute Gasteiger partial charge is 0.170 e. The van der Waals surface area contributed by atoms with E-state index in [9.17, 15) is 9.90 Å². The van der Waals surface area contributed by atoms with Gasteiger partial charge >= 0.3 is 0 Å². The standard InChI is InChI=1S/C14H10ClNO3/c15-14-4-1-8(7-16-14)13-6-11(18)10-5-9(17)2-3-12(10)19-13/h1-5,7,13,17H,6H2. The van der Waals surface area contributed by atoms with Gasteiger partial charge in [-0.25, -0.2) is 4.98 Å². The largest absolute Gasteiger partial charge is 0.508 e. The number of hydrogen-bond donors (Lipinski definition) is 1. The van der Waals surface area contributed by atoms with Gasteiger partial charge in [-0.2, -0.15) is 0 Å². The third kappa shape index (κ3) is 2.27. The first kappa shape index (κ1) is 12.0. The van der Waals surface area contributed by atoms with Gasteiger partial charge in [0.25, 0.3) is 0 Å². The molecule has 1 aromatic carbocycles. The Morgan fingerprint density at radius 1 is 1.32 bits per heavy atom. The number of aromatic nitrogens is 1. The molecular formula is C14H10ClNO3. The molecule has 1 aliphatic heterocycles. The zero-order valence-electron chi connectivity index (χ0n) is 9.84. The van der Waals surface area contributed by atoms with Crippen molar-refractivity contribution in [2.24, 2.45) is 0 Å². The molecule has 1 aliphatic rings. The highest BCUT2D eigenvalue weighted by molar-refractivity contribution is 6.29. The Morgan fingerprint density at radius 3 is 2.89 bits per heavy atom. The van der Waals surface area contributed by atoms with Crippen LogP contribution in [0.5, 0.6) is 11.5 Å². The van der Waals surface area contributed by atoms with Gasteiger partial charge in [-0.05, 0) is 24.3 Å². The van der Waals surface area contributed by atoms with E-state index in [0.717, 1.165) is 5.56 Å². The Morgan fingerprint density at radius 2 is 2.16 bits per heavy atom. The molecule has 1 aromatic heterocycles. The van der Waals surface area contributed by atoms with Crippen LogP contribution >= 0.6 is 11.6 Å². The molecule has 2 aromatic rings. The van der Waals surface area contributed by atoms with E-state index in [2.05, 4.69) is 4.98 Å². The van der Waals surface area contributed by atoms with Crippen LogP contribution in [0.3, 0.4) is 0 Å². The summed E-state index contributed by atoms with van der Waals surface area (Å²) in [5, 5.41) is 9.79. The number of pyridine rings is 1. The molecule has 4 nitrogen and oxygen atoms in total. The van der Waals surface area contributed by atoms with Gasteiger partial charge < -0.3 is 9.84 Å². The lowest BCUT2D eigenvalue weighted by Gasteiger charge is -2.25. The average Bonchev–Trinajstić information content (AvgIpc) is 2.40. The van der Waals surface area contributed by atoms with E-state index in [1.54, 1.807) is 24.4 Å². The van der Waals surface area contributed by atoms with Crippen molar-refractivity contribution < 1.29 is 14.6 Å². The van der Waals surface area contributed by atoms with E-state index in [0.29, 0.717) is 16.5 Å². The second-order valence-electron chi connectivity index (χ2n) is 4.33. The summed E-state index contributed by atoms with van der Waals surface area (Å²) in [6.45, 7) is 0. The molecule has 0 bridgehead atoms. The van der Waals surface area contributed by atoms with Gasteiger partial charge in [0, 0.05) is 11.8 Å². The number of hydrogen-bond acceptors (Lipinski definition) is 4. The number of halogens is 1. The topological polar surface area (TPSA) is 59.4 Å². The predicted molar refractivity (Wildman–Crippen MR) is 69.7 cm³/mol. The number of rotatable bonds is 1. The summed E-state index contributed by atoms with van der Waals surface area (Å²) in [6, 6.07) is 7.97. The van der Waals surface area contributed by atoms with Gasteiger partial charge in [0.05, 0.1) is 12.0 Å². The van der Waals surface area contributed by atoms with E-state index >= 15 is 0 Å². The fourth-order valence-corrected chi connectivity index (χ4v) is 2.19. The highest BCUT2D eigenvalue weighted by Crippen LogP contribution is 2.36. The van der Waals surface area contributed by atoms with Crippen LogP contribution in [0.15, 0.2) is 36.5 Å². The number of fused-ring (bicyclic) bond motifs is 1. The monoisotopic (exact) mass is 275 g/mol. The SMILES string of the molecule is O=C1CC(c2ccc(Cl)nc2)Oc2ccc(O)cc21. The number of phenolic OH excluding ortho intramolecular Hbond substituents is 1. The van der Waals surface area contributed by atoms with Gasteiger partial charge in [-0.15, -0.1) is 0 Å². The van der Waals surface area contributed by atoms with E-state index in [4.69, 9.17) is 16.3 Å². The molecular weight excluding hydrogens is 266 g/mol. The van der Waals surface area contributed by atoms with Crippen LogP contribution in [0.4, 0.5) is 0 Å². The average molecular weight is 276 g/mol. The summed E-state index contributed by atoms with van der Waals surface area (Å²) in [6.07, 6.45) is 1.46. The zero-order chi connectivity index (χ0) is 13.4. The summed E-state index contributed by atoms with van der Waals surface area (Å²) in [4.78, 5) is 16.0. The molecule has 0 saturated carbocycles. The quantitative estimate of drug-likeness (QED) is 0.812. The third-order valence-corrected chi connectivity index (χ3v) is 3.25. The maximum absolute atomic E-state index is 12.1. The van der Waals surface area contributed by atoms with Crippen LogP contribution in [-0.4, -0.2) is 15.9 Å². The number of ether oxygens (including phenoxy) is 1. The highest BCUT2D eigenvalue weighted by atomic mass is 35.5. The van der Waals surface area contributed by atoms with Crippen LogP contribution < -0.4 is 4.74 Å². The maximum atomic E-state index is 12.1. The first-order valence-corrected chi connectivity index (χ1v) is 6.15. The minimum absolute atomic E-state index is 0.0577. The van der Waals surface area contributed by atoms with Crippen LogP contribution in [0.1, 0.15) is 28.4 Å². The highest BCUT2D eigenvalue weighted by Gasteiger charge is 2.28. The van der Waals surface area contributed by atoms with Gasteiger partial charge in [0.2, 0.25) is 0 Å². The molecule has 1 atom stereocenters. The lowest BCUT2D eigenvalue weighted by atomic mass is 9.97. The van der Waals surface area contributed by atoms with Crippen molar-refractivity contribution in [1.29, 1.82) is 0 Å². The second-order valence-corrected chi connectivity index (χ2v) is 4.72. The molecule has 96 valence electrons. The zero-order valence-corrected chi connectivity index (χ0v) is 10.6. The summed E-state index contributed by atoms with van der Waals surface area (Å²) < 4.78 is 5.77. The van der Waals surface area contributed by atoms with E-state index < -0.39 is 0 Å². The lowest BCUT2D eigenvalue weighted by molar-refractivity contribution is 0.0849. The minimum atomic E-state index is -0.366. The Labute approximate surface area is 114 Å². The summed E-state index contributed by atoms with van der Waals surface area (Å²) in [5.41, 5.74) is 1.22. The van der Waals surface area contributed by atoms with Crippen LogP contribution in [0, 0.1) is 0 Å².